The molecular formula is C21H35N6O+. The van der Waals surface area contributed by atoms with Crippen LogP contribution in [0.2, 0.25) is 0 Å². The molecule has 154 valence electrons. The third-order valence-electron chi connectivity index (χ3n) is 6.16. The molecule has 0 unspecified atom stereocenters. The molecular weight excluding hydrogens is 352 g/mol. The van der Waals surface area contributed by atoms with E-state index in [0.29, 0.717) is 12.0 Å². The van der Waals surface area contributed by atoms with Crippen molar-refractivity contribution in [3.8, 4) is 5.75 Å². The topological polar surface area (TPSA) is 60.5 Å². The van der Waals surface area contributed by atoms with Gasteiger partial charge < -0.3 is 14.5 Å². The average molecular weight is 388 g/mol. The summed E-state index contributed by atoms with van der Waals surface area (Å²) in [6.07, 6.45) is 0.996. The van der Waals surface area contributed by atoms with Crippen LogP contribution in [-0.2, 0) is 5.54 Å². The molecule has 0 aliphatic carbocycles. The second kappa shape index (κ2) is 8.47. The molecule has 0 amide bonds. The number of piperazine rings is 1. The van der Waals surface area contributed by atoms with E-state index in [4.69, 9.17) is 4.74 Å². The largest absolute Gasteiger partial charge is 0.497 e. The number of hydrogen-bond acceptors (Lipinski definition) is 5. The summed E-state index contributed by atoms with van der Waals surface area (Å²) in [5, 5.41) is 12.9. The molecule has 28 heavy (non-hydrogen) atoms. The predicted molar refractivity (Wildman–Crippen MR) is 111 cm³/mol. The van der Waals surface area contributed by atoms with E-state index in [1.807, 2.05) is 12.1 Å². The fraction of sp³-hybridized carbons (Fsp3) is 0.667. The summed E-state index contributed by atoms with van der Waals surface area (Å²) in [4.78, 5) is 4.03. The molecule has 1 aromatic heterocycles. The first-order valence-corrected chi connectivity index (χ1v) is 10.4. The van der Waals surface area contributed by atoms with Crippen molar-refractivity contribution in [2.75, 3.05) is 38.2 Å². The molecule has 1 aliphatic rings. The lowest BCUT2D eigenvalue weighted by Gasteiger charge is -2.39. The molecule has 3 rings (SSSR count). The maximum atomic E-state index is 5.28. The van der Waals surface area contributed by atoms with E-state index >= 15 is 0 Å². The molecule has 1 saturated heterocycles. The third-order valence-corrected chi connectivity index (χ3v) is 6.16. The van der Waals surface area contributed by atoms with Crippen LogP contribution < -0.4 is 14.5 Å². The van der Waals surface area contributed by atoms with E-state index in [0.717, 1.165) is 44.2 Å². The number of rotatable bonds is 7. The number of hydrogen-bond donors (Lipinski definition) is 1. The Morgan fingerprint density at radius 2 is 1.79 bits per heavy atom. The van der Waals surface area contributed by atoms with E-state index < -0.39 is 0 Å². The molecule has 0 spiro atoms. The van der Waals surface area contributed by atoms with Crippen molar-refractivity contribution < 1.29 is 9.64 Å². The molecule has 1 aromatic carbocycles. The number of nitrogens with zero attached hydrogens (tertiary/aromatic N) is 5. The number of quaternary nitrogens is 1. The molecule has 0 radical (unpaired) electrons. The van der Waals surface area contributed by atoms with Crippen LogP contribution in [0.4, 0.5) is 5.69 Å². The highest BCUT2D eigenvalue weighted by molar-refractivity contribution is 5.49. The minimum atomic E-state index is -0.0731. The molecule has 0 bridgehead atoms. The van der Waals surface area contributed by atoms with Crippen LogP contribution >= 0.6 is 0 Å². The summed E-state index contributed by atoms with van der Waals surface area (Å²) in [5.41, 5.74) is 1.19. The van der Waals surface area contributed by atoms with Crippen LogP contribution in [0.25, 0.3) is 0 Å². The first kappa shape index (κ1) is 20.6. The van der Waals surface area contributed by atoms with Crippen LogP contribution in [0, 0.1) is 5.92 Å². The smallest absolute Gasteiger partial charge is 0.210 e. The Kier molecular flexibility index (Phi) is 6.23. The van der Waals surface area contributed by atoms with Crippen molar-refractivity contribution in [2.24, 2.45) is 5.92 Å². The maximum Gasteiger partial charge on any atom is 0.210 e. The highest BCUT2D eigenvalue weighted by Gasteiger charge is 2.37. The molecule has 1 atom stereocenters. The average Bonchev–Trinajstić information content (AvgIpc) is 3.19. The zero-order chi connectivity index (χ0) is 20.3. The van der Waals surface area contributed by atoms with Gasteiger partial charge in [0.2, 0.25) is 5.82 Å². The van der Waals surface area contributed by atoms with E-state index in [2.05, 4.69) is 71.9 Å². The van der Waals surface area contributed by atoms with Gasteiger partial charge in [-0.3, -0.25) is 0 Å². The molecule has 0 saturated carbocycles. The molecule has 1 N–H and O–H groups in total. The Labute approximate surface area is 168 Å². The maximum absolute atomic E-state index is 5.28. The Morgan fingerprint density at radius 3 is 2.32 bits per heavy atom. The Hall–Kier alpha value is -2.15. The van der Waals surface area contributed by atoms with Crippen molar-refractivity contribution >= 4 is 5.69 Å². The first-order valence-electron chi connectivity index (χ1n) is 10.4. The van der Waals surface area contributed by atoms with Gasteiger partial charge in [-0.05, 0) is 55.0 Å². The quantitative estimate of drug-likeness (QED) is 0.787. The van der Waals surface area contributed by atoms with E-state index in [1.54, 1.807) is 12.0 Å². The Bertz CT molecular complexity index is 747. The monoisotopic (exact) mass is 387 g/mol. The number of ether oxygens (including phenoxy) is 1. The number of benzene rings is 1. The number of nitrogens with one attached hydrogen (secondary N) is 1. The van der Waals surface area contributed by atoms with Crippen LogP contribution in [0.15, 0.2) is 24.3 Å². The molecule has 1 fully saturated rings. The van der Waals surface area contributed by atoms with Gasteiger partial charge in [0.1, 0.15) is 5.75 Å². The lowest BCUT2D eigenvalue weighted by Crippen LogP contribution is -3.15. The molecule has 7 nitrogen and oxygen atoms in total. The van der Waals surface area contributed by atoms with Crippen molar-refractivity contribution in [1.29, 1.82) is 0 Å². The SMILES string of the molecule is CCC(C)(C)n1nnnc1[C@H](C(C)C)[NH+]1CCN(c2ccc(OC)cc2)CC1. The van der Waals surface area contributed by atoms with Gasteiger partial charge in [0.05, 0.1) is 38.8 Å². The summed E-state index contributed by atoms with van der Waals surface area (Å²) in [5.74, 6) is 2.40. The van der Waals surface area contributed by atoms with Crippen molar-refractivity contribution in [2.45, 2.75) is 52.6 Å². The standard InChI is InChI=1S/C21H34N6O/c1-7-21(4,5)27-20(22-23-24-27)19(16(2)3)26-14-12-25(13-15-26)17-8-10-18(28-6)11-9-17/h8-11,16,19H,7,12-15H2,1-6H3/p+1/t19-/m0/s1. The van der Waals surface area contributed by atoms with Gasteiger partial charge in [-0.1, -0.05) is 20.8 Å². The third kappa shape index (κ3) is 4.14. The van der Waals surface area contributed by atoms with Crippen LogP contribution in [-0.4, -0.2) is 53.5 Å². The van der Waals surface area contributed by atoms with Crippen LogP contribution in [0.3, 0.4) is 0 Å². The van der Waals surface area contributed by atoms with Crippen LogP contribution in [0.5, 0.6) is 5.75 Å². The fourth-order valence-electron chi connectivity index (χ4n) is 4.08. The van der Waals surface area contributed by atoms with Gasteiger partial charge in [-0.15, -0.1) is 5.10 Å². The van der Waals surface area contributed by atoms with Gasteiger partial charge >= 0.3 is 0 Å². The van der Waals surface area contributed by atoms with Gasteiger partial charge in [0.25, 0.3) is 0 Å². The second-order valence-corrected chi connectivity index (χ2v) is 8.68. The predicted octanol–water partition coefficient (Wildman–Crippen LogP) is 1.93. The molecule has 2 aromatic rings. The Morgan fingerprint density at radius 1 is 1.14 bits per heavy atom. The highest BCUT2D eigenvalue weighted by atomic mass is 16.5. The highest BCUT2D eigenvalue weighted by Crippen LogP contribution is 2.25. The summed E-state index contributed by atoms with van der Waals surface area (Å²) < 4.78 is 7.33. The first-order chi connectivity index (χ1) is 13.4. The van der Waals surface area contributed by atoms with Crippen molar-refractivity contribution in [3.05, 3.63) is 30.1 Å². The van der Waals surface area contributed by atoms with Crippen LogP contribution in [0.1, 0.15) is 52.9 Å². The molecule has 2 heterocycles. The second-order valence-electron chi connectivity index (χ2n) is 8.68. The summed E-state index contributed by atoms with van der Waals surface area (Å²) in [6, 6.07) is 8.67. The van der Waals surface area contributed by atoms with Crippen molar-refractivity contribution in [1.82, 2.24) is 20.2 Å². The Balaban J connectivity index is 1.74. The fourth-order valence-corrected chi connectivity index (χ4v) is 4.08. The minimum absolute atomic E-state index is 0.0731. The summed E-state index contributed by atoms with van der Waals surface area (Å²) in [6.45, 7) is 15.4. The van der Waals surface area contributed by atoms with Crippen molar-refractivity contribution in [3.63, 3.8) is 0 Å². The molecule has 1 aliphatic heterocycles. The summed E-state index contributed by atoms with van der Waals surface area (Å²) in [7, 11) is 1.70. The lowest BCUT2D eigenvalue weighted by atomic mass is 9.97. The zero-order valence-electron chi connectivity index (χ0n) is 18.1. The number of anilines is 1. The lowest BCUT2D eigenvalue weighted by molar-refractivity contribution is -0.937. The normalized spacial score (nSPS) is 17.2. The minimum Gasteiger partial charge on any atom is -0.497 e. The molecule has 7 heteroatoms. The van der Waals surface area contributed by atoms with Gasteiger partial charge in [-0.25, -0.2) is 4.68 Å². The summed E-state index contributed by atoms with van der Waals surface area (Å²) >= 11 is 0. The van der Waals surface area contributed by atoms with Gasteiger partial charge in [0, 0.05) is 11.6 Å². The zero-order valence-corrected chi connectivity index (χ0v) is 18.1. The number of tetrazole rings is 1. The van der Waals surface area contributed by atoms with E-state index in [1.165, 1.54) is 5.69 Å². The van der Waals surface area contributed by atoms with Gasteiger partial charge in [-0.2, -0.15) is 0 Å². The number of aromatic nitrogens is 4. The number of methoxy groups -OCH3 is 1. The van der Waals surface area contributed by atoms with Gasteiger partial charge in [0.15, 0.2) is 6.04 Å². The van der Waals surface area contributed by atoms with E-state index in [-0.39, 0.29) is 5.54 Å². The van der Waals surface area contributed by atoms with E-state index in [9.17, 15) is 0 Å².